The molecule has 7 nitrogen and oxygen atoms in total. The van der Waals surface area contributed by atoms with E-state index in [0.717, 1.165) is 50.8 Å². The largest absolute Gasteiger partial charge is 0.355 e. The maximum atomic E-state index is 5.78. The topological polar surface area (TPSA) is 63.6 Å². The highest BCUT2D eigenvalue weighted by Gasteiger charge is 2.40. The fourth-order valence-electron chi connectivity index (χ4n) is 3.80. The van der Waals surface area contributed by atoms with Gasteiger partial charge in [-0.25, -0.2) is 0 Å². The predicted octanol–water partition coefficient (Wildman–Crippen LogP) is 1.45. The molecule has 0 N–H and O–H groups in total. The highest BCUT2D eigenvalue weighted by molar-refractivity contribution is 5.42. The van der Waals surface area contributed by atoms with Gasteiger partial charge in [0.1, 0.15) is 0 Å². The van der Waals surface area contributed by atoms with Gasteiger partial charge >= 0.3 is 0 Å². The van der Waals surface area contributed by atoms with Gasteiger partial charge in [0.2, 0.25) is 5.95 Å². The van der Waals surface area contributed by atoms with Gasteiger partial charge < -0.3 is 19.3 Å². The Morgan fingerprint density at radius 2 is 1.91 bits per heavy atom. The van der Waals surface area contributed by atoms with E-state index in [4.69, 9.17) is 14.5 Å². The van der Waals surface area contributed by atoms with Crippen molar-refractivity contribution in [2.45, 2.75) is 38.4 Å². The zero-order chi connectivity index (χ0) is 15.7. The summed E-state index contributed by atoms with van der Waals surface area (Å²) in [5, 5.41) is 8.44. The van der Waals surface area contributed by atoms with Gasteiger partial charge in [0.15, 0.2) is 11.6 Å². The molecule has 1 spiro atoms. The van der Waals surface area contributed by atoms with Crippen molar-refractivity contribution in [2.75, 3.05) is 49.2 Å². The monoisotopic (exact) mass is 319 g/mol. The summed E-state index contributed by atoms with van der Waals surface area (Å²) < 4.78 is 11.6. The Labute approximate surface area is 137 Å². The summed E-state index contributed by atoms with van der Waals surface area (Å²) in [7, 11) is 0. The molecule has 0 aromatic carbocycles. The van der Waals surface area contributed by atoms with Crippen molar-refractivity contribution in [3.63, 3.8) is 0 Å². The lowest BCUT2D eigenvalue weighted by Crippen LogP contribution is -2.46. The third-order valence-electron chi connectivity index (χ3n) is 5.14. The van der Waals surface area contributed by atoms with E-state index in [-0.39, 0.29) is 5.79 Å². The first-order valence-corrected chi connectivity index (χ1v) is 8.72. The van der Waals surface area contributed by atoms with Crippen molar-refractivity contribution in [1.29, 1.82) is 0 Å². The lowest BCUT2D eigenvalue weighted by Gasteiger charge is -2.37. The van der Waals surface area contributed by atoms with Gasteiger partial charge in [-0.05, 0) is 18.8 Å². The van der Waals surface area contributed by atoms with E-state index >= 15 is 0 Å². The third-order valence-corrected chi connectivity index (χ3v) is 5.14. The van der Waals surface area contributed by atoms with Crippen LogP contribution in [-0.4, -0.2) is 60.4 Å². The Morgan fingerprint density at radius 1 is 1.13 bits per heavy atom. The van der Waals surface area contributed by atoms with Crippen molar-refractivity contribution in [3.8, 4) is 0 Å². The number of piperidine rings is 2. The van der Waals surface area contributed by atoms with Gasteiger partial charge in [0.05, 0.1) is 19.4 Å². The van der Waals surface area contributed by atoms with Crippen LogP contribution in [0.15, 0.2) is 6.20 Å². The molecule has 1 aromatic rings. The minimum Gasteiger partial charge on any atom is -0.355 e. The smallest absolute Gasteiger partial charge is 0.247 e. The SMILES string of the molecule is CC1CCCN(c2cnnc(N3CCC4(CC3)OCCO4)n2)C1. The predicted molar refractivity (Wildman–Crippen MR) is 86.5 cm³/mol. The van der Waals surface area contributed by atoms with Gasteiger partial charge in [0, 0.05) is 39.0 Å². The summed E-state index contributed by atoms with van der Waals surface area (Å²) in [6.45, 7) is 7.54. The Balaban J connectivity index is 1.44. The molecule has 3 aliphatic heterocycles. The molecule has 1 aromatic heterocycles. The number of rotatable bonds is 2. The van der Waals surface area contributed by atoms with Crippen molar-refractivity contribution in [1.82, 2.24) is 15.2 Å². The first-order valence-electron chi connectivity index (χ1n) is 8.72. The van der Waals surface area contributed by atoms with Crippen molar-refractivity contribution in [2.24, 2.45) is 5.92 Å². The normalized spacial score (nSPS) is 27.6. The summed E-state index contributed by atoms with van der Waals surface area (Å²) in [6.07, 6.45) is 6.04. The van der Waals surface area contributed by atoms with Crippen LogP contribution in [0, 0.1) is 5.92 Å². The van der Waals surface area contributed by atoms with Gasteiger partial charge in [-0.3, -0.25) is 0 Å². The van der Waals surface area contributed by atoms with E-state index in [2.05, 4.69) is 26.9 Å². The maximum absolute atomic E-state index is 5.78. The maximum Gasteiger partial charge on any atom is 0.247 e. The fraction of sp³-hybridized carbons (Fsp3) is 0.812. The first-order chi connectivity index (χ1) is 11.2. The second-order valence-corrected chi connectivity index (χ2v) is 6.90. The average Bonchev–Trinajstić information content (AvgIpc) is 3.04. The van der Waals surface area contributed by atoms with E-state index in [1.165, 1.54) is 12.8 Å². The Hall–Kier alpha value is -1.47. The second-order valence-electron chi connectivity index (χ2n) is 6.90. The molecule has 4 rings (SSSR count). The van der Waals surface area contributed by atoms with Crippen LogP contribution in [0.2, 0.25) is 0 Å². The lowest BCUT2D eigenvalue weighted by molar-refractivity contribution is -0.169. The number of aromatic nitrogens is 3. The highest BCUT2D eigenvalue weighted by Crippen LogP contribution is 2.32. The van der Waals surface area contributed by atoms with Gasteiger partial charge in [0.25, 0.3) is 0 Å². The molecule has 3 fully saturated rings. The van der Waals surface area contributed by atoms with Crippen LogP contribution < -0.4 is 9.80 Å². The number of nitrogens with zero attached hydrogens (tertiary/aromatic N) is 5. The van der Waals surface area contributed by atoms with E-state index < -0.39 is 0 Å². The molecule has 1 unspecified atom stereocenters. The summed E-state index contributed by atoms with van der Waals surface area (Å²) in [4.78, 5) is 9.30. The highest BCUT2D eigenvalue weighted by atomic mass is 16.7. The molecular weight excluding hydrogens is 294 g/mol. The quantitative estimate of drug-likeness (QED) is 0.817. The number of hydrogen-bond donors (Lipinski definition) is 0. The van der Waals surface area contributed by atoms with Crippen LogP contribution >= 0.6 is 0 Å². The second kappa shape index (κ2) is 6.20. The Morgan fingerprint density at radius 3 is 2.65 bits per heavy atom. The molecule has 3 saturated heterocycles. The molecule has 1 atom stereocenters. The molecule has 0 amide bonds. The van der Waals surface area contributed by atoms with Crippen molar-refractivity contribution >= 4 is 11.8 Å². The summed E-state index contributed by atoms with van der Waals surface area (Å²) >= 11 is 0. The zero-order valence-electron chi connectivity index (χ0n) is 13.8. The molecular formula is C16H25N5O2. The van der Waals surface area contributed by atoms with Crippen LogP contribution in [0.1, 0.15) is 32.6 Å². The fourth-order valence-corrected chi connectivity index (χ4v) is 3.80. The van der Waals surface area contributed by atoms with Crippen LogP contribution in [0.5, 0.6) is 0 Å². The van der Waals surface area contributed by atoms with Gasteiger partial charge in [-0.2, -0.15) is 10.1 Å². The standard InChI is InChI=1S/C16H25N5O2/c1-13-3-2-6-21(12-13)14-11-17-19-15(18-14)20-7-4-16(5-8-20)22-9-10-23-16/h11,13H,2-10,12H2,1H3. The molecule has 0 aliphatic carbocycles. The summed E-state index contributed by atoms with van der Waals surface area (Å²) in [5.74, 6) is 2.04. The minimum absolute atomic E-state index is 0.357. The molecule has 23 heavy (non-hydrogen) atoms. The van der Waals surface area contributed by atoms with Crippen LogP contribution in [0.25, 0.3) is 0 Å². The van der Waals surface area contributed by atoms with Crippen LogP contribution in [-0.2, 0) is 9.47 Å². The molecule has 4 heterocycles. The summed E-state index contributed by atoms with van der Waals surface area (Å²) in [6, 6.07) is 0. The molecule has 3 aliphatic rings. The number of anilines is 2. The zero-order valence-corrected chi connectivity index (χ0v) is 13.8. The van der Waals surface area contributed by atoms with E-state index in [1.54, 1.807) is 6.20 Å². The third kappa shape index (κ3) is 3.12. The molecule has 126 valence electrons. The van der Waals surface area contributed by atoms with Crippen LogP contribution in [0.4, 0.5) is 11.8 Å². The molecule has 7 heteroatoms. The van der Waals surface area contributed by atoms with Gasteiger partial charge in [-0.1, -0.05) is 6.92 Å². The average molecular weight is 319 g/mol. The van der Waals surface area contributed by atoms with E-state index in [9.17, 15) is 0 Å². The van der Waals surface area contributed by atoms with E-state index in [1.807, 2.05) is 0 Å². The van der Waals surface area contributed by atoms with Crippen LogP contribution in [0.3, 0.4) is 0 Å². The van der Waals surface area contributed by atoms with E-state index in [0.29, 0.717) is 19.1 Å². The Bertz CT molecular complexity index is 539. The first kappa shape index (κ1) is 15.1. The number of hydrogen-bond acceptors (Lipinski definition) is 7. The lowest BCUT2D eigenvalue weighted by atomic mass is 10.0. The van der Waals surface area contributed by atoms with Crippen molar-refractivity contribution < 1.29 is 9.47 Å². The molecule has 0 saturated carbocycles. The summed E-state index contributed by atoms with van der Waals surface area (Å²) in [5.41, 5.74) is 0. The Kier molecular flexibility index (Phi) is 4.07. The minimum atomic E-state index is -0.357. The molecule has 0 bridgehead atoms. The number of ether oxygens (including phenoxy) is 2. The van der Waals surface area contributed by atoms with Gasteiger partial charge in [-0.15, -0.1) is 5.10 Å². The molecule has 0 radical (unpaired) electrons. The van der Waals surface area contributed by atoms with Crippen molar-refractivity contribution in [3.05, 3.63) is 6.20 Å².